The van der Waals surface area contributed by atoms with Crippen molar-refractivity contribution in [3.05, 3.63) is 59.7 Å². The molecule has 0 radical (unpaired) electrons. The minimum Gasteiger partial charge on any atom is -0.497 e. The van der Waals surface area contributed by atoms with Gasteiger partial charge in [0.1, 0.15) is 11.9 Å². The summed E-state index contributed by atoms with van der Waals surface area (Å²) in [6.45, 7) is 0.364. The number of aliphatic carboxylic acids is 1. The zero-order valence-electron chi connectivity index (χ0n) is 13.9. The number of hydrogen-bond donors (Lipinski definition) is 2. The molecular formula is C19H20N2O4. The molecule has 0 saturated carbocycles. The number of nitrogens with zero attached hydrogens (tertiary/aromatic N) is 1. The van der Waals surface area contributed by atoms with Crippen molar-refractivity contribution in [2.75, 3.05) is 19.0 Å². The Labute approximate surface area is 146 Å². The molecule has 25 heavy (non-hydrogen) atoms. The number of benzene rings is 2. The van der Waals surface area contributed by atoms with Crippen LogP contribution in [0.5, 0.6) is 5.75 Å². The third kappa shape index (κ3) is 3.57. The van der Waals surface area contributed by atoms with E-state index in [-0.39, 0.29) is 18.5 Å². The van der Waals surface area contributed by atoms with Crippen molar-refractivity contribution >= 4 is 17.6 Å². The number of fused-ring (bicyclic) bond motifs is 1. The van der Waals surface area contributed by atoms with Crippen molar-refractivity contribution in [1.29, 1.82) is 0 Å². The van der Waals surface area contributed by atoms with E-state index >= 15 is 0 Å². The number of ether oxygens (including phenoxy) is 1. The number of carbonyl (C=O) groups excluding carboxylic acids is 1. The van der Waals surface area contributed by atoms with Gasteiger partial charge in [0.05, 0.1) is 12.7 Å². The van der Waals surface area contributed by atoms with Gasteiger partial charge in [0.25, 0.3) is 5.91 Å². The van der Waals surface area contributed by atoms with E-state index < -0.39 is 5.97 Å². The monoisotopic (exact) mass is 340 g/mol. The quantitative estimate of drug-likeness (QED) is 0.845. The Morgan fingerprint density at radius 3 is 2.60 bits per heavy atom. The summed E-state index contributed by atoms with van der Waals surface area (Å²) < 4.78 is 5.19. The fourth-order valence-corrected chi connectivity index (χ4v) is 2.97. The number of amides is 1. The molecule has 130 valence electrons. The van der Waals surface area contributed by atoms with E-state index in [0.29, 0.717) is 18.5 Å². The van der Waals surface area contributed by atoms with E-state index in [1.54, 1.807) is 18.1 Å². The first kappa shape index (κ1) is 16.8. The Morgan fingerprint density at radius 2 is 1.92 bits per heavy atom. The summed E-state index contributed by atoms with van der Waals surface area (Å²) in [5, 5.41) is 12.3. The van der Waals surface area contributed by atoms with E-state index in [1.165, 1.54) is 0 Å². The number of anilines is 1. The molecule has 1 atom stereocenters. The van der Waals surface area contributed by atoms with Crippen molar-refractivity contribution in [3.63, 3.8) is 0 Å². The maximum absolute atomic E-state index is 12.9. The molecule has 0 bridgehead atoms. The summed E-state index contributed by atoms with van der Waals surface area (Å²) >= 11 is 0. The van der Waals surface area contributed by atoms with Gasteiger partial charge in [-0.3, -0.25) is 9.59 Å². The molecule has 1 heterocycles. The summed E-state index contributed by atoms with van der Waals surface area (Å²) in [6, 6.07) is 14.8. The van der Waals surface area contributed by atoms with Gasteiger partial charge in [-0.15, -0.1) is 0 Å². The minimum absolute atomic E-state index is 0.0285. The van der Waals surface area contributed by atoms with Gasteiger partial charge >= 0.3 is 5.97 Å². The van der Waals surface area contributed by atoms with Crippen LogP contribution in [0.4, 0.5) is 5.69 Å². The van der Waals surface area contributed by atoms with Gasteiger partial charge in [-0.1, -0.05) is 24.3 Å². The fourth-order valence-electron chi connectivity index (χ4n) is 2.97. The Balaban J connectivity index is 1.91. The van der Waals surface area contributed by atoms with Gasteiger partial charge < -0.3 is 20.1 Å². The SMILES string of the molecule is COc1ccc([C@@H]2Nc3ccccc3C(=O)N2CCCC(=O)O)cc1. The maximum atomic E-state index is 12.9. The van der Waals surface area contributed by atoms with Gasteiger partial charge in [0.15, 0.2) is 0 Å². The Hall–Kier alpha value is -3.02. The first-order valence-electron chi connectivity index (χ1n) is 8.12. The third-order valence-electron chi connectivity index (χ3n) is 4.24. The van der Waals surface area contributed by atoms with Crippen LogP contribution in [-0.2, 0) is 4.79 Å². The predicted molar refractivity (Wildman–Crippen MR) is 93.7 cm³/mol. The number of para-hydroxylation sites is 1. The molecule has 0 fully saturated rings. The van der Waals surface area contributed by atoms with Crippen LogP contribution in [0.25, 0.3) is 0 Å². The first-order chi connectivity index (χ1) is 12.1. The lowest BCUT2D eigenvalue weighted by Crippen LogP contribution is -2.43. The molecule has 2 aromatic rings. The molecule has 1 aliphatic heterocycles. The molecule has 6 heteroatoms. The zero-order valence-corrected chi connectivity index (χ0v) is 13.9. The zero-order chi connectivity index (χ0) is 17.8. The lowest BCUT2D eigenvalue weighted by atomic mass is 10.0. The maximum Gasteiger partial charge on any atom is 0.303 e. The van der Waals surface area contributed by atoms with Gasteiger partial charge in [-0.05, 0) is 36.2 Å². The molecule has 1 aliphatic rings. The summed E-state index contributed by atoms with van der Waals surface area (Å²) in [4.78, 5) is 25.4. The van der Waals surface area contributed by atoms with Crippen molar-refractivity contribution in [2.45, 2.75) is 19.0 Å². The summed E-state index contributed by atoms with van der Waals surface area (Å²) in [5.74, 6) is -0.219. The number of methoxy groups -OCH3 is 1. The molecule has 0 unspecified atom stereocenters. The molecule has 6 nitrogen and oxygen atoms in total. The summed E-state index contributed by atoms with van der Waals surface area (Å²) in [7, 11) is 1.60. The fraction of sp³-hybridized carbons (Fsp3) is 0.263. The highest BCUT2D eigenvalue weighted by molar-refractivity contribution is 6.01. The normalized spacial score (nSPS) is 16.1. The van der Waals surface area contributed by atoms with E-state index in [2.05, 4.69) is 5.32 Å². The Kier molecular flexibility index (Phi) is 4.88. The van der Waals surface area contributed by atoms with Gasteiger partial charge in [0.2, 0.25) is 0 Å². The molecule has 0 aliphatic carbocycles. The molecule has 3 rings (SSSR count). The Bertz CT molecular complexity index is 773. The number of carbonyl (C=O) groups is 2. The molecule has 2 aromatic carbocycles. The highest BCUT2D eigenvalue weighted by Crippen LogP contribution is 2.33. The third-order valence-corrected chi connectivity index (χ3v) is 4.24. The number of hydrogen-bond acceptors (Lipinski definition) is 4. The van der Waals surface area contributed by atoms with Crippen molar-refractivity contribution in [3.8, 4) is 5.75 Å². The number of rotatable bonds is 6. The van der Waals surface area contributed by atoms with Crippen LogP contribution >= 0.6 is 0 Å². The average Bonchev–Trinajstić information content (AvgIpc) is 2.63. The van der Waals surface area contributed by atoms with E-state index in [1.807, 2.05) is 42.5 Å². The van der Waals surface area contributed by atoms with Crippen LogP contribution < -0.4 is 10.1 Å². The van der Waals surface area contributed by atoms with E-state index in [4.69, 9.17) is 9.84 Å². The molecule has 2 N–H and O–H groups in total. The van der Waals surface area contributed by atoms with Crippen molar-refractivity contribution in [2.24, 2.45) is 0 Å². The smallest absolute Gasteiger partial charge is 0.303 e. The van der Waals surface area contributed by atoms with Crippen LogP contribution in [0.1, 0.15) is 34.9 Å². The number of carboxylic acids is 1. The largest absolute Gasteiger partial charge is 0.497 e. The molecular weight excluding hydrogens is 320 g/mol. The van der Waals surface area contributed by atoms with Crippen LogP contribution in [0, 0.1) is 0 Å². The summed E-state index contributed by atoms with van der Waals surface area (Å²) in [6.07, 6.45) is 0.0836. The minimum atomic E-state index is -0.862. The number of nitrogens with one attached hydrogen (secondary N) is 1. The van der Waals surface area contributed by atoms with Crippen LogP contribution in [0.3, 0.4) is 0 Å². The second-order valence-electron chi connectivity index (χ2n) is 5.86. The van der Waals surface area contributed by atoms with Gasteiger partial charge in [0, 0.05) is 18.7 Å². The van der Waals surface area contributed by atoms with Crippen molar-refractivity contribution in [1.82, 2.24) is 4.90 Å². The lowest BCUT2D eigenvalue weighted by molar-refractivity contribution is -0.137. The Morgan fingerprint density at radius 1 is 1.20 bits per heavy atom. The van der Waals surface area contributed by atoms with Crippen molar-refractivity contribution < 1.29 is 19.4 Å². The standard InChI is InChI=1S/C19H20N2O4/c1-25-14-10-8-13(9-11-14)18-20-16-6-3-2-5-15(16)19(24)21(18)12-4-7-17(22)23/h2-3,5-6,8-11,18,20H,4,7,12H2,1H3,(H,22,23)/t18-/m1/s1. The molecule has 1 amide bonds. The second kappa shape index (κ2) is 7.25. The van der Waals surface area contributed by atoms with Crippen LogP contribution in [0.2, 0.25) is 0 Å². The van der Waals surface area contributed by atoms with Gasteiger partial charge in [-0.25, -0.2) is 0 Å². The van der Waals surface area contributed by atoms with Crippen LogP contribution in [-0.4, -0.2) is 35.5 Å². The van der Waals surface area contributed by atoms with Gasteiger partial charge in [-0.2, -0.15) is 0 Å². The average molecular weight is 340 g/mol. The predicted octanol–water partition coefficient (Wildman–Crippen LogP) is 3.13. The second-order valence-corrected chi connectivity index (χ2v) is 5.86. The topological polar surface area (TPSA) is 78.9 Å². The molecule has 0 spiro atoms. The van der Waals surface area contributed by atoms with E-state index in [9.17, 15) is 9.59 Å². The molecule has 0 saturated heterocycles. The lowest BCUT2D eigenvalue weighted by Gasteiger charge is -2.38. The summed E-state index contributed by atoms with van der Waals surface area (Å²) in [5.41, 5.74) is 2.30. The van der Waals surface area contributed by atoms with E-state index in [0.717, 1.165) is 17.0 Å². The molecule has 0 aromatic heterocycles. The first-order valence-corrected chi connectivity index (χ1v) is 8.12. The van der Waals surface area contributed by atoms with Crippen LogP contribution in [0.15, 0.2) is 48.5 Å². The highest BCUT2D eigenvalue weighted by atomic mass is 16.5. The number of carboxylic acid groups (broad SMARTS) is 1. The highest BCUT2D eigenvalue weighted by Gasteiger charge is 2.32.